The number of nitrogens with one attached hydrogen (secondary N) is 1. The average Bonchev–Trinajstić information content (AvgIpc) is 2.88. The molecule has 0 aromatic carbocycles. The van der Waals surface area contributed by atoms with E-state index in [9.17, 15) is 9.59 Å². The molecule has 25 heavy (non-hydrogen) atoms. The summed E-state index contributed by atoms with van der Waals surface area (Å²) in [5.41, 5.74) is 1.30. The number of aromatic nitrogens is 1. The molecule has 2 aliphatic rings. The number of methoxy groups -OCH3 is 1. The van der Waals surface area contributed by atoms with Crippen LogP contribution in [0.2, 0.25) is 0 Å². The Morgan fingerprint density at radius 1 is 1.12 bits per heavy atom. The van der Waals surface area contributed by atoms with Gasteiger partial charge in [0.05, 0.1) is 7.11 Å². The smallest absolute Gasteiger partial charge is 0.256 e. The van der Waals surface area contributed by atoms with Crippen LogP contribution in [0.15, 0.2) is 10.9 Å². The minimum absolute atomic E-state index is 0.0707. The van der Waals surface area contributed by atoms with Gasteiger partial charge in [-0.05, 0) is 45.2 Å². The molecule has 0 aliphatic carbocycles. The SMILES string of the molecule is COc1cc(=O)n2c(c1C(=O)NCCN1CCCCC1)CCCCC2. The number of carbonyl (C=O) groups excluding carboxylic acids is 1. The van der Waals surface area contributed by atoms with E-state index >= 15 is 0 Å². The third-order valence-corrected chi connectivity index (χ3v) is 5.29. The number of rotatable bonds is 5. The first-order chi connectivity index (χ1) is 12.2. The van der Waals surface area contributed by atoms with E-state index in [1.165, 1.54) is 32.4 Å². The van der Waals surface area contributed by atoms with Gasteiger partial charge in [0.2, 0.25) is 0 Å². The fraction of sp³-hybridized carbons (Fsp3) is 0.684. The third kappa shape index (κ3) is 4.24. The molecule has 2 aliphatic heterocycles. The number of hydrogen-bond acceptors (Lipinski definition) is 4. The average molecular weight is 347 g/mol. The molecule has 0 unspecified atom stereocenters. The van der Waals surface area contributed by atoms with Crippen molar-refractivity contribution in [2.45, 2.75) is 51.5 Å². The minimum atomic E-state index is -0.125. The molecule has 1 aromatic rings. The maximum Gasteiger partial charge on any atom is 0.256 e. The third-order valence-electron chi connectivity index (χ3n) is 5.29. The molecule has 0 radical (unpaired) electrons. The molecule has 3 heterocycles. The summed E-state index contributed by atoms with van der Waals surface area (Å²) < 4.78 is 7.12. The molecule has 3 rings (SSSR count). The molecule has 0 atom stereocenters. The molecular formula is C19H29N3O3. The quantitative estimate of drug-likeness (QED) is 0.882. The van der Waals surface area contributed by atoms with Gasteiger partial charge in [0.15, 0.2) is 0 Å². The lowest BCUT2D eigenvalue weighted by Crippen LogP contribution is -2.38. The van der Waals surface area contributed by atoms with Gasteiger partial charge in [-0.2, -0.15) is 0 Å². The Kier molecular flexibility index (Phi) is 6.13. The van der Waals surface area contributed by atoms with Crippen LogP contribution in [-0.2, 0) is 13.0 Å². The van der Waals surface area contributed by atoms with Gasteiger partial charge in [-0.3, -0.25) is 9.59 Å². The number of nitrogens with zero attached hydrogens (tertiary/aromatic N) is 2. The van der Waals surface area contributed by atoms with Crippen molar-refractivity contribution in [3.63, 3.8) is 0 Å². The maximum atomic E-state index is 12.8. The van der Waals surface area contributed by atoms with Crippen LogP contribution in [-0.4, -0.2) is 48.7 Å². The molecule has 1 aromatic heterocycles. The Hall–Kier alpha value is -1.82. The van der Waals surface area contributed by atoms with Crippen LogP contribution in [0.3, 0.4) is 0 Å². The first-order valence-corrected chi connectivity index (χ1v) is 9.52. The predicted octanol–water partition coefficient (Wildman–Crippen LogP) is 1.80. The molecule has 1 fully saturated rings. The van der Waals surface area contributed by atoms with Crippen molar-refractivity contribution < 1.29 is 9.53 Å². The lowest BCUT2D eigenvalue weighted by molar-refractivity contribution is 0.0941. The van der Waals surface area contributed by atoms with Gasteiger partial charge in [-0.25, -0.2) is 0 Å². The number of pyridine rings is 1. The summed E-state index contributed by atoms with van der Waals surface area (Å²) in [5, 5.41) is 3.03. The topological polar surface area (TPSA) is 63.6 Å². The standard InChI is InChI=1S/C19H29N3O3/c1-25-16-14-17(23)22-12-7-2-4-8-15(22)18(16)19(24)20-9-13-21-10-5-3-6-11-21/h14H,2-13H2,1H3,(H,20,24). The Balaban J connectivity index is 1.75. The van der Waals surface area contributed by atoms with Gasteiger partial charge in [0.1, 0.15) is 11.3 Å². The Morgan fingerprint density at radius 2 is 1.84 bits per heavy atom. The van der Waals surface area contributed by atoms with E-state index in [2.05, 4.69) is 10.2 Å². The number of carbonyl (C=O) groups is 1. The minimum Gasteiger partial charge on any atom is -0.496 e. The van der Waals surface area contributed by atoms with Crippen molar-refractivity contribution in [3.8, 4) is 5.75 Å². The van der Waals surface area contributed by atoms with E-state index in [-0.39, 0.29) is 11.5 Å². The number of likely N-dealkylation sites (tertiary alicyclic amines) is 1. The van der Waals surface area contributed by atoms with E-state index < -0.39 is 0 Å². The van der Waals surface area contributed by atoms with Crippen molar-refractivity contribution in [2.75, 3.05) is 33.3 Å². The van der Waals surface area contributed by atoms with Gasteiger partial charge < -0.3 is 19.5 Å². The van der Waals surface area contributed by atoms with E-state index in [4.69, 9.17) is 4.74 Å². The van der Waals surface area contributed by atoms with Crippen molar-refractivity contribution in [1.82, 2.24) is 14.8 Å². The zero-order valence-electron chi connectivity index (χ0n) is 15.2. The fourth-order valence-electron chi connectivity index (χ4n) is 3.92. The zero-order valence-corrected chi connectivity index (χ0v) is 15.2. The molecule has 6 nitrogen and oxygen atoms in total. The summed E-state index contributed by atoms with van der Waals surface area (Å²) >= 11 is 0. The fourth-order valence-corrected chi connectivity index (χ4v) is 3.92. The van der Waals surface area contributed by atoms with Gasteiger partial charge in [0, 0.05) is 31.4 Å². The number of hydrogen-bond donors (Lipinski definition) is 1. The lowest BCUT2D eigenvalue weighted by atomic mass is 10.1. The van der Waals surface area contributed by atoms with Crippen LogP contribution in [0.4, 0.5) is 0 Å². The predicted molar refractivity (Wildman–Crippen MR) is 97.4 cm³/mol. The van der Waals surface area contributed by atoms with Crippen molar-refractivity contribution in [2.24, 2.45) is 0 Å². The van der Waals surface area contributed by atoms with E-state index in [0.29, 0.717) is 24.4 Å². The second-order valence-electron chi connectivity index (χ2n) is 6.99. The summed E-state index contributed by atoms with van der Waals surface area (Å²) in [7, 11) is 1.52. The number of fused-ring (bicyclic) bond motifs is 1. The van der Waals surface area contributed by atoms with Crippen LogP contribution in [0.1, 0.15) is 54.6 Å². The normalized spacial score (nSPS) is 18.3. The molecule has 0 saturated carbocycles. The summed E-state index contributed by atoms with van der Waals surface area (Å²) in [6, 6.07) is 1.45. The van der Waals surface area contributed by atoms with E-state index in [0.717, 1.165) is 51.0 Å². The first kappa shape index (κ1) is 18.0. The van der Waals surface area contributed by atoms with Crippen LogP contribution >= 0.6 is 0 Å². The molecule has 6 heteroatoms. The Morgan fingerprint density at radius 3 is 2.60 bits per heavy atom. The second kappa shape index (κ2) is 8.52. The largest absolute Gasteiger partial charge is 0.496 e. The Bertz CT molecular complexity index is 663. The molecule has 1 saturated heterocycles. The summed E-state index contributed by atoms with van der Waals surface area (Å²) in [6.07, 6.45) is 7.62. The molecule has 1 N–H and O–H groups in total. The second-order valence-corrected chi connectivity index (χ2v) is 6.99. The highest BCUT2D eigenvalue weighted by Crippen LogP contribution is 2.24. The highest BCUT2D eigenvalue weighted by Gasteiger charge is 2.23. The number of amides is 1. The summed E-state index contributed by atoms with van der Waals surface area (Å²) in [6.45, 7) is 4.43. The monoisotopic (exact) mass is 347 g/mol. The van der Waals surface area contributed by atoms with E-state index in [1.807, 2.05) is 0 Å². The van der Waals surface area contributed by atoms with Gasteiger partial charge in [-0.15, -0.1) is 0 Å². The van der Waals surface area contributed by atoms with Crippen LogP contribution in [0.5, 0.6) is 5.75 Å². The first-order valence-electron chi connectivity index (χ1n) is 9.52. The number of ether oxygens (including phenoxy) is 1. The number of piperidine rings is 1. The highest BCUT2D eigenvalue weighted by molar-refractivity contribution is 5.98. The summed E-state index contributed by atoms with van der Waals surface area (Å²) in [4.78, 5) is 27.6. The Labute approximate surface area is 149 Å². The van der Waals surface area contributed by atoms with Crippen molar-refractivity contribution in [1.29, 1.82) is 0 Å². The molecular weight excluding hydrogens is 318 g/mol. The molecule has 0 bridgehead atoms. The van der Waals surface area contributed by atoms with Crippen LogP contribution in [0, 0.1) is 0 Å². The highest BCUT2D eigenvalue weighted by atomic mass is 16.5. The lowest BCUT2D eigenvalue weighted by Gasteiger charge is -2.26. The van der Waals surface area contributed by atoms with Crippen molar-refractivity contribution in [3.05, 3.63) is 27.7 Å². The molecule has 138 valence electrons. The zero-order chi connectivity index (χ0) is 17.6. The van der Waals surface area contributed by atoms with Crippen molar-refractivity contribution >= 4 is 5.91 Å². The van der Waals surface area contributed by atoms with Crippen LogP contribution in [0.25, 0.3) is 0 Å². The van der Waals surface area contributed by atoms with Gasteiger partial charge in [0.25, 0.3) is 11.5 Å². The van der Waals surface area contributed by atoms with E-state index in [1.54, 1.807) is 4.57 Å². The maximum absolute atomic E-state index is 12.8. The van der Waals surface area contributed by atoms with Gasteiger partial charge >= 0.3 is 0 Å². The molecule has 1 amide bonds. The summed E-state index contributed by atoms with van der Waals surface area (Å²) in [5.74, 6) is 0.271. The molecule has 0 spiro atoms. The van der Waals surface area contributed by atoms with Crippen LogP contribution < -0.4 is 15.6 Å². The van der Waals surface area contributed by atoms with Gasteiger partial charge in [-0.1, -0.05) is 12.8 Å².